The fourth-order valence-corrected chi connectivity index (χ4v) is 5.09. The highest BCUT2D eigenvalue weighted by Gasteiger charge is 2.39. The lowest BCUT2D eigenvalue weighted by molar-refractivity contribution is -0.193. The van der Waals surface area contributed by atoms with Crippen LogP contribution in [0.5, 0.6) is 0 Å². The molecule has 9 N–H and O–H groups in total. The second-order valence-corrected chi connectivity index (χ2v) is 11.6. The summed E-state index contributed by atoms with van der Waals surface area (Å²) in [6, 6.07) is 6.40. The van der Waals surface area contributed by atoms with Crippen LogP contribution < -0.4 is 22.1 Å². The number of carbonyl (C=O) groups is 4. The maximum Gasteiger partial charge on any atom is 0.490 e. The highest BCUT2D eigenvalue weighted by molar-refractivity contribution is 5.96. The third kappa shape index (κ3) is 16.2. The van der Waals surface area contributed by atoms with Gasteiger partial charge >= 0.3 is 36.4 Å². The SMILES string of the molecule is CCN1CCC[C@H]1CNC(=O)c1nc(NC2CCCCC2N=C(N)N)c2cc(C)ccc2n1.O=C(O)C(F)(F)F.O=C(O)C(F)(F)F.O=C(O)C(F)(F)F. The smallest absolute Gasteiger partial charge is 0.475 e. The zero-order valence-electron chi connectivity index (χ0n) is 28.6. The van der Waals surface area contributed by atoms with E-state index >= 15 is 0 Å². The number of hydrogen-bond acceptors (Lipinski definition) is 9. The van der Waals surface area contributed by atoms with Gasteiger partial charge in [0.2, 0.25) is 5.82 Å². The molecule has 15 nitrogen and oxygen atoms in total. The van der Waals surface area contributed by atoms with E-state index in [9.17, 15) is 44.3 Å². The van der Waals surface area contributed by atoms with Gasteiger partial charge in [0.25, 0.3) is 5.91 Å². The number of aryl methyl sites for hydroxylation is 1. The number of aliphatic imine (C=N–C) groups is 1. The molecule has 2 aromatic rings. The molecule has 1 aliphatic carbocycles. The van der Waals surface area contributed by atoms with Gasteiger partial charge in [-0.05, 0) is 57.8 Å². The minimum atomic E-state index is -5.08. The minimum absolute atomic E-state index is 0.0155. The van der Waals surface area contributed by atoms with Gasteiger partial charge in [0, 0.05) is 18.0 Å². The topological polar surface area (TPSA) is 246 Å². The second-order valence-electron chi connectivity index (χ2n) is 11.6. The van der Waals surface area contributed by atoms with Crippen LogP contribution in [0.15, 0.2) is 23.2 Å². The van der Waals surface area contributed by atoms with Crippen LogP contribution in [0.25, 0.3) is 10.9 Å². The first-order chi connectivity index (χ1) is 24.8. The van der Waals surface area contributed by atoms with Crippen molar-refractivity contribution in [2.75, 3.05) is 25.0 Å². The van der Waals surface area contributed by atoms with Crippen molar-refractivity contribution in [2.45, 2.75) is 89.0 Å². The van der Waals surface area contributed by atoms with Gasteiger partial charge in [-0.2, -0.15) is 39.5 Å². The van der Waals surface area contributed by atoms with Gasteiger partial charge in [-0.1, -0.05) is 31.4 Å². The van der Waals surface area contributed by atoms with Crippen LogP contribution in [0, 0.1) is 6.92 Å². The third-order valence-corrected chi connectivity index (χ3v) is 7.55. The number of benzene rings is 1. The van der Waals surface area contributed by atoms with E-state index in [0.717, 1.165) is 61.7 Å². The molecule has 1 saturated carbocycles. The standard InChI is InChI=1S/C24H36N8O.3C2HF3O2/c1-3-32-12-6-7-16(32)14-27-23(33)22-28-18-11-10-15(2)13-17(18)21(31-22)29-19-8-4-5-9-20(19)30-24(25)26;3*3-2(4,5)1(6)7/h10-11,13,16,19-20H,3-9,12,14H2,1-2H3,(H,27,33)(H4,25,26,30)(H,28,29,31);3*(H,6,7)/t16-,19?,20?;;;/m0.../s1. The first-order valence-corrected chi connectivity index (χ1v) is 15.8. The lowest BCUT2D eigenvalue weighted by Crippen LogP contribution is -2.40. The quantitative estimate of drug-likeness (QED) is 0.119. The molecular formula is C30H39F9N8O7. The Morgan fingerprint density at radius 3 is 1.85 bits per heavy atom. The van der Waals surface area contributed by atoms with Crippen LogP contribution in [0.1, 0.15) is 61.6 Å². The number of hydrogen-bond donors (Lipinski definition) is 7. The Morgan fingerprint density at radius 2 is 1.37 bits per heavy atom. The van der Waals surface area contributed by atoms with Gasteiger partial charge in [0.05, 0.1) is 17.6 Å². The number of likely N-dealkylation sites (tertiary alicyclic amines) is 1. The molecule has 0 spiro atoms. The summed E-state index contributed by atoms with van der Waals surface area (Å²) in [5, 5.41) is 28.9. The molecule has 0 radical (unpaired) electrons. The lowest BCUT2D eigenvalue weighted by atomic mass is 9.90. The molecule has 1 amide bonds. The molecule has 3 atom stereocenters. The summed E-state index contributed by atoms with van der Waals surface area (Å²) in [6.45, 7) is 6.90. The van der Waals surface area contributed by atoms with Gasteiger partial charge in [0.15, 0.2) is 5.96 Å². The Morgan fingerprint density at radius 1 is 0.852 bits per heavy atom. The maximum atomic E-state index is 13.0. The zero-order valence-corrected chi connectivity index (χ0v) is 28.6. The number of halogens is 9. The molecule has 2 fully saturated rings. The largest absolute Gasteiger partial charge is 0.490 e. The Kier molecular flexibility index (Phi) is 17.6. The van der Waals surface area contributed by atoms with Crippen molar-refractivity contribution in [3.63, 3.8) is 0 Å². The monoisotopic (exact) mass is 794 g/mol. The average molecular weight is 795 g/mol. The molecule has 0 bridgehead atoms. The predicted molar refractivity (Wildman–Crippen MR) is 173 cm³/mol. The number of amides is 1. The first-order valence-electron chi connectivity index (χ1n) is 15.8. The van der Waals surface area contributed by atoms with Crippen molar-refractivity contribution in [3.8, 4) is 0 Å². The molecule has 304 valence electrons. The van der Waals surface area contributed by atoms with Gasteiger partial charge < -0.3 is 37.4 Å². The van der Waals surface area contributed by atoms with Crippen molar-refractivity contribution >= 4 is 46.5 Å². The molecular weight excluding hydrogens is 755 g/mol. The fraction of sp³-hybridized carbons (Fsp3) is 0.567. The van der Waals surface area contributed by atoms with Crippen LogP contribution in [-0.4, -0.2) is 116 Å². The van der Waals surface area contributed by atoms with Crippen LogP contribution >= 0.6 is 0 Å². The number of fused-ring (bicyclic) bond motifs is 1. The number of aliphatic carboxylic acids is 3. The number of alkyl halides is 9. The number of aromatic nitrogens is 2. The van der Waals surface area contributed by atoms with Crippen molar-refractivity contribution in [2.24, 2.45) is 16.5 Å². The Labute approximate surface area is 301 Å². The summed E-state index contributed by atoms with van der Waals surface area (Å²) >= 11 is 0. The van der Waals surface area contributed by atoms with Gasteiger partial charge in [-0.15, -0.1) is 0 Å². The number of guanidine groups is 1. The van der Waals surface area contributed by atoms with Crippen LogP contribution in [-0.2, 0) is 14.4 Å². The van der Waals surface area contributed by atoms with Gasteiger partial charge in [-0.25, -0.2) is 29.3 Å². The van der Waals surface area contributed by atoms with Crippen molar-refractivity contribution in [1.82, 2.24) is 20.2 Å². The summed E-state index contributed by atoms with van der Waals surface area (Å²) < 4.78 is 95.2. The van der Waals surface area contributed by atoms with Crippen LogP contribution in [0.3, 0.4) is 0 Å². The minimum Gasteiger partial charge on any atom is -0.475 e. The van der Waals surface area contributed by atoms with E-state index in [4.69, 9.17) is 41.2 Å². The summed E-state index contributed by atoms with van der Waals surface area (Å²) in [7, 11) is 0. The van der Waals surface area contributed by atoms with E-state index < -0.39 is 36.4 Å². The number of carboxylic acid groups (broad SMARTS) is 3. The molecule has 24 heteroatoms. The summed E-state index contributed by atoms with van der Waals surface area (Å²) in [5.41, 5.74) is 13.2. The predicted octanol–water partition coefficient (Wildman–Crippen LogP) is 4.05. The third-order valence-electron chi connectivity index (χ3n) is 7.55. The maximum absolute atomic E-state index is 13.0. The van der Waals surface area contributed by atoms with Gasteiger partial charge in [0.1, 0.15) is 5.82 Å². The molecule has 1 aromatic carbocycles. The molecule has 2 heterocycles. The van der Waals surface area contributed by atoms with Crippen molar-refractivity contribution in [3.05, 3.63) is 29.6 Å². The number of carboxylic acids is 3. The molecule has 1 saturated heterocycles. The highest BCUT2D eigenvalue weighted by Crippen LogP contribution is 2.28. The number of likely N-dealkylation sites (N-methyl/N-ethyl adjacent to an activating group) is 1. The van der Waals surface area contributed by atoms with E-state index in [1.165, 1.54) is 6.42 Å². The molecule has 1 aromatic heterocycles. The summed E-state index contributed by atoms with van der Waals surface area (Å²) in [5.74, 6) is -7.57. The number of nitrogens with two attached hydrogens (primary N) is 2. The number of nitrogens with zero attached hydrogens (tertiary/aromatic N) is 4. The molecule has 2 unspecified atom stereocenters. The average Bonchev–Trinajstić information content (AvgIpc) is 3.51. The fourth-order valence-electron chi connectivity index (χ4n) is 5.09. The number of carbonyl (C=O) groups excluding carboxylic acids is 1. The van der Waals surface area contributed by atoms with Crippen molar-refractivity contribution in [1.29, 1.82) is 0 Å². The number of anilines is 1. The first kappa shape index (κ1) is 46.9. The normalized spacial score (nSPS) is 18.7. The molecule has 4 rings (SSSR count). The van der Waals surface area contributed by atoms with E-state index in [1.54, 1.807) is 0 Å². The Hall–Kier alpha value is -5.16. The number of nitrogens with one attached hydrogen (secondary N) is 2. The lowest BCUT2D eigenvalue weighted by Gasteiger charge is -2.30. The van der Waals surface area contributed by atoms with E-state index in [0.29, 0.717) is 18.4 Å². The molecule has 1 aliphatic heterocycles. The van der Waals surface area contributed by atoms with Crippen molar-refractivity contribution < 1.29 is 74.0 Å². The van der Waals surface area contributed by atoms with Crippen LogP contribution in [0.4, 0.5) is 45.3 Å². The number of rotatable bonds is 7. The summed E-state index contributed by atoms with van der Waals surface area (Å²) in [4.78, 5) is 55.8. The van der Waals surface area contributed by atoms with Gasteiger partial charge in [-0.3, -0.25) is 9.69 Å². The van der Waals surface area contributed by atoms with E-state index in [2.05, 4.69) is 43.5 Å². The van der Waals surface area contributed by atoms with E-state index in [-0.39, 0.29) is 29.8 Å². The second kappa shape index (κ2) is 20.3. The van der Waals surface area contributed by atoms with E-state index in [1.807, 2.05) is 19.1 Å². The highest BCUT2D eigenvalue weighted by atomic mass is 19.4. The zero-order chi connectivity index (χ0) is 41.6. The Balaban J connectivity index is 0.000000566. The molecule has 2 aliphatic rings. The van der Waals surface area contributed by atoms with Crippen LogP contribution in [0.2, 0.25) is 0 Å². The summed E-state index contributed by atoms with van der Waals surface area (Å²) in [6.07, 6.45) is -8.93. The Bertz CT molecular complexity index is 1560. The molecule has 54 heavy (non-hydrogen) atoms.